The van der Waals surface area contributed by atoms with Gasteiger partial charge in [-0.05, 0) is 38.7 Å². The van der Waals surface area contributed by atoms with E-state index in [9.17, 15) is 19.7 Å². The third-order valence-electron chi connectivity index (χ3n) is 5.07. The minimum atomic E-state index is -1.14. The molecule has 30 heavy (non-hydrogen) atoms. The number of carbonyl (C=O) groups is 2. The van der Waals surface area contributed by atoms with E-state index < -0.39 is 22.9 Å². The number of hydrogen-bond acceptors (Lipinski definition) is 8. The van der Waals surface area contributed by atoms with E-state index in [0.717, 1.165) is 25.9 Å². The van der Waals surface area contributed by atoms with E-state index in [-0.39, 0.29) is 17.1 Å². The van der Waals surface area contributed by atoms with Crippen LogP contribution < -0.4 is 10.2 Å². The monoisotopic (exact) mass is 416 g/mol. The molecule has 2 heterocycles. The van der Waals surface area contributed by atoms with Crippen LogP contribution in [0.15, 0.2) is 28.8 Å². The first-order valence-electron chi connectivity index (χ1n) is 9.73. The van der Waals surface area contributed by atoms with E-state index >= 15 is 0 Å². The van der Waals surface area contributed by atoms with Crippen molar-refractivity contribution >= 4 is 29.1 Å². The minimum absolute atomic E-state index is 0.0654. The molecule has 10 heteroatoms. The molecule has 1 N–H and O–H groups in total. The number of nitrogens with zero attached hydrogens (tertiary/aromatic N) is 3. The normalized spacial score (nSPS) is 15.5. The average molecular weight is 416 g/mol. The molecule has 1 fully saturated rings. The Morgan fingerprint density at radius 1 is 1.33 bits per heavy atom. The Labute approximate surface area is 173 Å². The van der Waals surface area contributed by atoms with Crippen LogP contribution in [-0.4, -0.2) is 41.1 Å². The molecule has 0 unspecified atom stereocenters. The second kappa shape index (κ2) is 8.93. The topological polar surface area (TPSA) is 128 Å². The fourth-order valence-electron chi connectivity index (χ4n) is 3.26. The molecule has 1 aliphatic heterocycles. The molecule has 10 nitrogen and oxygen atoms in total. The van der Waals surface area contributed by atoms with Gasteiger partial charge in [0.15, 0.2) is 11.9 Å². The first-order chi connectivity index (χ1) is 14.2. The number of aromatic nitrogens is 1. The van der Waals surface area contributed by atoms with Gasteiger partial charge in [0.2, 0.25) is 0 Å². The third kappa shape index (κ3) is 4.94. The molecule has 0 bridgehead atoms. The number of anilines is 2. The number of benzene rings is 1. The Kier molecular flexibility index (Phi) is 6.34. The lowest BCUT2D eigenvalue weighted by atomic mass is 9.98. The number of carbonyl (C=O) groups excluding carboxylic acids is 2. The van der Waals surface area contributed by atoms with Crippen LogP contribution in [0.4, 0.5) is 17.2 Å². The number of ether oxygens (including phenoxy) is 1. The highest BCUT2D eigenvalue weighted by molar-refractivity contribution is 6.00. The van der Waals surface area contributed by atoms with Crippen molar-refractivity contribution in [1.82, 2.24) is 5.16 Å². The Hall–Kier alpha value is -3.43. The number of non-ortho nitro benzene ring substituents is 1. The molecule has 1 atom stereocenters. The van der Waals surface area contributed by atoms with Crippen molar-refractivity contribution < 1.29 is 23.8 Å². The van der Waals surface area contributed by atoms with Gasteiger partial charge >= 0.3 is 5.97 Å². The molecule has 0 saturated carbocycles. The Morgan fingerprint density at radius 2 is 2.03 bits per heavy atom. The van der Waals surface area contributed by atoms with Crippen molar-refractivity contribution in [3.63, 3.8) is 0 Å². The number of aryl methyl sites for hydroxylation is 1. The van der Waals surface area contributed by atoms with Crippen LogP contribution in [0.1, 0.15) is 42.8 Å². The highest BCUT2D eigenvalue weighted by Gasteiger charge is 2.27. The molecule has 0 spiro atoms. The zero-order valence-electron chi connectivity index (χ0n) is 17.1. The molecule has 1 saturated heterocycles. The second-order valence-corrected chi connectivity index (χ2v) is 7.49. The molecule has 1 aromatic heterocycles. The number of amides is 1. The standard InChI is InChI=1S/C20H24N4O6/c1-12-6-8-23(9-7-12)17-5-4-15(24(27)28)11-16(17)20(26)29-14(3)19(25)21-18-10-13(2)30-22-18/h4-5,10-12,14H,6-9H2,1-3H3,(H,21,22,25)/t14-/m0/s1. The zero-order chi connectivity index (χ0) is 21.8. The Balaban J connectivity index is 1.77. The van der Waals surface area contributed by atoms with Crippen molar-refractivity contribution in [2.24, 2.45) is 5.92 Å². The molecule has 0 radical (unpaired) electrons. The summed E-state index contributed by atoms with van der Waals surface area (Å²) in [6, 6.07) is 5.66. The van der Waals surface area contributed by atoms with Crippen LogP contribution in [0.5, 0.6) is 0 Å². The average Bonchev–Trinajstić information content (AvgIpc) is 3.12. The number of piperidine rings is 1. The maximum atomic E-state index is 12.8. The number of nitro groups is 1. The molecule has 1 aromatic carbocycles. The summed E-state index contributed by atoms with van der Waals surface area (Å²) in [5.74, 6) is -0.0776. The van der Waals surface area contributed by atoms with E-state index in [4.69, 9.17) is 9.26 Å². The lowest BCUT2D eigenvalue weighted by molar-refractivity contribution is -0.384. The smallest absolute Gasteiger partial charge is 0.341 e. The zero-order valence-corrected chi connectivity index (χ0v) is 17.1. The lowest BCUT2D eigenvalue weighted by Gasteiger charge is -2.33. The van der Waals surface area contributed by atoms with Gasteiger partial charge in [-0.25, -0.2) is 4.79 Å². The summed E-state index contributed by atoms with van der Waals surface area (Å²) in [6.07, 6.45) is 0.783. The van der Waals surface area contributed by atoms with Gasteiger partial charge in [0.25, 0.3) is 11.6 Å². The van der Waals surface area contributed by atoms with Crippen LogP contribution in [0.3, 0.4) is 0 Å². The maximum Gasteiger partial charge on any atom is 0.341 e. The van der Waals surface area contributed by atoms with Gasteiger partial charge in [-0.1, -0.05) is 12.1 Å². The molecular formula is C20H24N4O6. The van der Waals surface area contributed by atoms with Crippen molar-refractivity contribution in [2.75, 3.05) is 23.3 Å². The number of esters is 1. The highest BCUT2D eigenvalue weighted by atomic mass is 16.6. The molecular weight excluding hydrogens is 392 g/mol. The predicted octanol–water partition coefficient (Wildman–Crippen LogP) is 3.31. The van der Waals surface area contributed by atoms with Crippen molar-refractivity contribution in [2.45, 2.75) is 39.7 Å². The van der Waals surface area contributed by atoms with Crippen LogP contribution >= 0.6 is 0 Å². The largest absolute Gasteiger partial charge is 0.449 e. The molecule has 2 aromatic rings. The molecule has 1 amide bonds. The fraction of sp³-hybridized carbons (Fsp3) is 0.450. The van der Waals surface area contributed by atoms with Gasteiger partial charge in [-0.15, -0.1) is 0 Å². The van der Waals surface area contributed by atoms with E-state index in [1.807, 2.05) is 4.90 Å². The summed E-state index contributed by atoms with van der Waals surface area (Å²) in [4.78, 5) is 37.8. The van der Waals surface area contributed by atoms with E-state index in [0.29, 0.717) is 17.4 Å². The SMILES string of the molecule is Cc1cc(NC(=O)[C@H](C)OC(=O)c2cc([N+](=O)[O-])ccc2N2CCC(C)CC2)no1. The van der Waals surface area contributed by atoms with Crippen molar-refractivity contribution in [1.29, 1.82) is 0 Å². The van der Waals surface area contributed by atoms with E-state index in [1.165, 1.54) is 25.1 Å². The third-order valence-corrected chi connectivity index (χ3v) is 5.07. The number of hydrogen-bond donors (Lipinski definition) is 1. The second-order valence-electron chi connectivity index (χ2n) is 7.49. The van der Waals surface area contributed by atoms with Crippen LogP contribution in [0.2, 0.25) is 0 Å². The number of nitrogens with one attached hydrogen (secondary N) is 1. The van der Waals surface area contributed by atoms with Gasteiger partial charge in [0, 0.05) is 31.3 Å². The summed E-state index contributed by atoms with van der Waals surface area (Å²) in [5, 5.41) is 17.4. The summed E-state index contributed by atoms with van der Waals surface area (Å²) in [5.41, 5.74) is 0.416. The fourth-order valence-corrected chi connectivity index (χ4v) is 3.26. The van der Waals surface area contributed by atoms with E-state index in [1.54, 1.807) is 13.0 Å². The van der Waals surface area contributed by atoms with Crippen LogP contribution in [-0.2, 0) is 9.53 Å². The minimum Gasteiger partial charge on any atom is -0.449 e. The summed E-state index contributed by atoms with van der Waals surface area (Å²) < 4.78 is 10.2. The van der Waals surface area contributed by atoms with Gasteiger partial charge in [0.05, 0.1) is 16.2 Å². The molecule has 160 valence electrons. The van der Waals surface area contributed by atoms with Gasteiger partial charge < -0.3 is 19.5 Å². The van der Waals surface area contributed by atoms with Gasteiger partial charge in [0.1, 0.15) is 5.76 Å². The van der Waals surface area contributed by atoms with Crippen LogP contribution in [0.25, 0.3) is 0 Å². The van der Waals surface area contributed by atoms with Crippen molar-refractivity contribution in [3.8, 4) is 0 Å². The first-order valence-corrected chi connectivity index (χ1v) is 9.73. The van der Waals surface area contributed by atoms with Crippen molar-refractivity contribution in [3.05, 3.63) is 45.7 Å². The predicted molar refractivity (Wildman–Crippen MR) is 108 cm³/mol. The highest BCUT2D eigenvalue weighted by Crippen LogP contribution is 2.30. The summed E-state index contributed by atoms with van der Waals surface area (Å²) >= 11 is 0. The lowest BCUT2D eigenvalue weighted by Crippen LogP contribution is -2.35. The molecule has 3 rings (SSSR count). The Morgan fingerprint density at radius 3 is 2.63 bits per heavy atom. The number of nitro benzene ring substituents is 1. The maximum absolute atomic E-state index is 12.8. The quantitative estimate of drug-likeness (QED) is 0.431. The van der Waals surface area contributed by atoms with Gasteiger partial charge in [-0.3, -0.25) is 14.9 Å². The number of rotatable bonds is 6. The molecule has 1 aliphatic rings. The van der Waals surface area contributed by atoms with E-state index in [2.05, 4.69) is 17.4 Å². The van der Waals surface area contributed by atoms with Gasteiger partial charge in [-0.2, -0.15) is 0 Å². The summed E-state index contributed by atoms with van der Waals surface area (Å²) in [7, 11) is 0. The molecule has 0 aliphatic carbocycles. The first kappa shape index (κ1) is 21.3. The Bertz CT molecular complexity index is 949. The summed E-state index contributed by atoms with van der Waals surface area (Å²) in [6.45, 7) is 6.73. The van der Waals surface area contributed by atoms with Crippen LogP contribution in [0, 0.1) is 23.0 Å².